The number of rotatable bonds is 16. The van der Waals surface area contributed by atoms with Crippen molar-refractivity contribution in [3.05, 3.63) is 40.6 Å². The molecule has 1 aromatic heterocycles. The van der Waals surface area contributed by atoms with E-state index in [0.717, 1.165) is 50.9 Å². The Labute approximate surface area is 230 Å². The quantitative estimate of drug-likeness (QED) is 0.180. The van der Waals surface area contributed by atoms with E-state index >= 15 is 0 Å². The number of aromatic nitrogens is 1. The van der Waals surface area contributed by atoms with Crippen molar-refractivity contribution in [1.82, 2.24) is 20.5 Å². The first-order valence-electron chi connectivity index (χ1n) is 12.9. The molecule has 214 valence electrons. The Kier molecular flexibility index (Phi) is 18.4. The van der Waals surface area contributed by atoms with E-state index in [1.165, 1.54) is 17.8 Å². The SMILES string of the molecule is C=C(NC(=O)c1csc(C)n1)C(=O)NC(=C)C(=O)OC.CCCCOCC(=O)N(CCC)CCC(C)CC. The van der Waals surface area contributed by atoms with Crippen molar-refractivity contribution in [3.63, 3.8) is 0 Å². The smallest absolute Gasteiger partial charge is 0.353 e. The number of carbonyl (C=O) groups excluding carboxylic acids is 4. The number of amides is 3. The van der Waals surface area contributed by atoms with Crippen LogP contribution in [0.1, 0.15) is 75.3 Å². The molecule has 2 N–H and O–H groups in total. The molecule has 0 saturated carbocycles. The average molecular weight is 553 g/mol. The number of methoxy groups -OCH3 is 1. The van der Waals surface area contributed by atoms with Gasteiger partial charge in [0.1, 0.15) is 18.0 Å². The lowest BCUT2D eigenvalue weighted by Crippen LogP contribution is -2.36. The normalized spacial score (nSPS) is 10.9. The van der Waals surface area contributed by atoms with Gasteiger partial charge in [-0.1, -0.05) is 53.7 Å². The van der Waals surface area contributed by atoms with Crippen LogP contribution in [0.3, 0.4) is 0 Å². The molecule has 1 unspecified atom stereocenters. The Balaban J connectivity index is 0.000000726. The van der Waals surface area contributed by atoms with Crippen LogP contribution in [0.15, 0.2) is 29.9 Å². The Morgan fingerprint density at radius 3 is 2.29 bits per heavy atom. The minimum Gasteiger partial charge on any atom is -0.464 e. The zero-order valence-electron chi connectivity index (χ0n) is 23.7. The number of thiazole rings is 1. The molecular formula is C27H44N4O6S. The molecule has 1 rings (SSSR count). The van der Waals surface area contributed by atoms with Crippen molar-refractivity contribution >= 4 is 35.0 Å². The van der Waals surface area contributed by atoms with Gasteiger partial charge in [0.15, 0.2) is 0 Å². The van der Waals surface area contributed by atoms with Gasteiger partial charge < -0.3 is 25.0 Å². The fourth-order valence-corrected chi connectivity index (χ4v) is 3.41. The van der Waals surface area contributed by atoms with E-state index in [-0.39, 0.29) is 29.6 Å². The molecule has 1 atom stereocenters. The molecule has 0 spiro atoms. The Morgan fingerprint density at radius 1 is 1.08 bits per heavy atom. The number of nitrogens with zero attached hydrogens (tertiary/aromatic N) is 2. The summed E-state index contributed by atoms with van der Waals surface area (Å²) in [5, 5.41) is 6.71. The minimum absolute atomic E-state index is 0.149. The summed E-state index contributed by atoms with van der Waals surface area (Å²) in [7, 11) is 1.15. The summed E-state index contributed by atoms with van der Waals surface area (Å²) >= 11 is 1.31. The summed E-state index contributed by atoms with van der Waals surface area (Å²) in [4.78, 5) is 52.3. The Morgan fingerprint density at radius 2 is 1.76 bits per heavy atom. The summed E-state index contributed by atoms with van der Waals surface area (Å²) in [5.41, 5.74) is -0.295. The predicted octanol–water partition coefficient (Wildman–Crippen LogP) is 3.98. The van der Waals surface area contributed by atoms with E-state index in [4.69, 9.17) is 4.74 Å². The third-order valence-corrected chi connectivity index (χ3v) is 6.16. The summed E-state index contributed by atoms with van der Waals surface area (Å²) in [6.07, 6.45) is 5.44. The van der Waals surface area contributed by atoms with Gasteiger partial charge in [-0.2, -0.15) is 0 Å². The zero-order valence-corrected chi connectivity index (χ0v) is 24.5. The van der Waals surface area contributed by atoms with Crippen LogP contribution in [0.2, 0.25) is 0 Å². The highest BCUT2D eigenvalue weighted by atomic mass is 32.1. The molecule has 10 nitrogen and oxygen atoms in total. The van der Waals surface area contributed by atoms with Crippen molar-refractivity contribution in [2.45, 2.75) is 66.7 Å². The van der Waals surface area contributed by atoms with Crippen molar-refractivity contribution in [3.8, 4) is 0 Å². The lowest BCUT2D eigenvalue weighted by molar-refractivity contribution is -0.137. The molecule has 1 aromatic rings. The number of aryl methyl sites for hydroxylation is 1. The Hall–Kier alpha value is -3.05. The molecule has 0 fully saturated rings. The number of carbonyl (C=O) groups is 4. The van der Waals surface area contributed by atoms with Crippen LogP contribution in [0.25, 0.3) is 0 Å². The van der Waals surface area contributed by atoms with Crippen LogP contribution < -0.4 is 10.6 Å². The monoisotopic (exact) mass is 552 g/mol. The van der Waals surface area contributed by atoms with Gasteiger partial charge >= 0.3 is 5.97 Å². The van der Waals surface area contributed by atoms with Gasteiger partial charge in [-0.3, -0.25) is 14.4 Å². The van der Waals surface area contributed by atoms with Crippen LogP contribution in [0.5, 0.6) is 0 Å². The number of ether oxygens (including phenoxy) is 2. The second-order valence-corrected chi connectivity index (χ2v) is 9.76. The first-order valence-corrected chi connectivity index (χ1v) is 13.7. The molecule has 0 bridgehead atoms. The minimum atomic E-state index is -0.785. The fourth-order valence-electron chi connectivity index (χ4n) is 2.82. The summed E-state index contributed by atoms with van der Waals surface area (Å²) in [6, 6.07) is 0. The zero-order chi connectivity index (χ0) is 29.1. The molecular weight excluding hydrogens is 508 g/mol. The van der Waals surface area contributed by atoms with Gasteiger partial charge in [-0.25, -0.2) is 9.78 Å². The average Bonchev–Trinajstić information content (AvgIpc) is 3.34. The first kappa shape index (κ1) is 35.0. The lowest BCUT2D eigenvalue weighted by atomic mass is 10.1. The molecule has 3 amide bonds. The van der Waals surface area contributed by atoms with E-state index in [9.17, 15) is 19.2 Å². The molecule has 0 aliphatic carbocycles. The summed E-state index contributed by atoms with van der Waals surface area (Å²) in [5.74, 6) is -1.26. The van der Waals surface area contributed by atoms with Crippen molar-refractivity contribution in [2.24, 2.45) is 5.92 Å². The summed E-state index contributed by atoms with van der Waals surface area (Å²) < 4.78 is 9.77. The highest BCUT2D eigenvalue weighted by molar-refractivity contribution is 7.09. The first-order chi connectivity index (χ1) is 18.0. The van der Waals surface area contributed by atoms with E-state index < -0.39 is 17.8 Å². The number of hydrogen-bond donors (Lipinski definition) is 2. The van der Waals surface area contributed by atoms with Gasteiger partial charge in [0.05, 0.1) is 17.8 Å². The lowest BCUT2D eigenvalue weighted by Gasteiger charge is -2.23. The summed E-state index contributed by atoms with van der Waals surface area (Å²) in [6.45, 7) is 19.8. The molecule has 1 heterocycles. The Bertz CT molecular complexity index is 930. The molecule has 0 saturated heterocycles. The second kappa shape index (κ2) is 20.0. The van der Waals surface area contributed by atoms with E-state index in [0.29, 0.717) is 12.5 Å². The van der Waals surface area contributed by atoms with Gasteiger partial charge in [-0.05, 0) is 32.1 Å². The van der Waals surface area contributed by atoms with Crippen LogP contribution in [-0.4, -0.2) is 67.0 Å². The topological polar surface area (TPSA) is 127 Å². The maximum absolute atomic E-state index is 12.0. The standard InChI is InChI=1S/C15H31NO2.C12H13N3O4S/c1-5-8-12-18-13-15(17)16(10-6-2)11-9-14(4)7-3;1-6(10(16)14-7(2)12(18)19-4)13-11(17)9-5-20-8(3)15-9/h14H,5-13H2,1-4H3;5H,1-2H2,3-4H3,(H,13,17)(H,14,16). The number of unbranched alkanes of at least 4 members (excludes halogenated alkanes) is 1. The van der Waals surface area contributed by atoms with Gasteiger partial charge in [-0.15, -0.1) is 11.3 Å². The largest absolute Gasteiger partial charge is 0.464 e. The number of esters is 1. The highest BCUT2D eigenvalue weighted by Gasteiger charge is 2.17. The number of nitrogens with one attached hydrogen (secondary N) is 2. The van der Waals surface area contributed by atoms with Crippen LogP contribution >= 0.6 is 11.3 Å². The van der Waals surface area contributed by atoms with Crippen LogP contribution in [-0.2, 0) is 23.9 Å². The predicted molar refractivity (Wildman–Crippen MR) is 149 cm³/mol. The molecule has 0 aromatic carbocycles. The highest BCUT2D eigenvalue weighted by Crippen LogP contribution is 2.09. The van der Waals surface area contributed by atoms with Gasteiger partial charge in [0.25, 0.3) is 11.8 Å². The second-order valence-electron chi connectivity index (χ2n) is 8.70. The van der Waals surface area contributed by atoms with E-state index in [1.54, 1.807) is 12.3 Å². The molecule has 0 aliphatic heterocycles. The third kappa shape index (κ3) is 14.6. The van der Waals surface area contributed by atoms with E-state index in [1.807, 2.05) is 4.90 Å². The van der Waals surface area contributed by atoms with Gasteiger partial charge in [0, 0.05) is 25.1 Å². The molecule has 0 aliphatic rings. The van der Waals surface area contributed by atoms with Crippen LogP contribution in [0.4, 0.5) is 0 Å². The van der Waals surface area contributed by atoms with Crippen LogP contribution in [0, 0.1) is 12.8 Å². The maximum Gasteiger partial charge on any atom is 0.353 e. The molecule has 0 radical (unpaired) electrons. The third-order valence-electron chi connectivity index (χ3n) is 5.39. The molecule has 11 heteroatoms. The van der Waals surface area contributed by atoms with Crippen molar-refractivity contribution in [1.29, 1.82) is 0 Å². The maximum atomic E-state index is 12.0. The van der Waals surface area contributed by atoms with E-state index in [2.05, 4.69) is 61.2 Å². The molecule has 38 heavy (non-hydrogen) atoms. The van der Waals surface area contributed by atoms with Crippen molar-refractivity contribution < 1.29 is 28.7 Å². The van der Waals surface area contributed by atoms with Gasteiger partial charge in [0.2, 0.25) is 5.91 Å². The van der Waals surface area contributed by atoms with Crippen molar-refractivity contribution in [2.75, 3.05) is 33.4 Å². The fraction of sp³-hybridized carbons (Fsp3) is 0.593. The number of hydrogen-bond acceptors (Lipinski definition) is 8.